The third-order valence-electron chi connectivity index (χ3n) is 5.86. The number of rotatable bonds is 13. The molecule has 0 saturated heterocycles. The van der Waals surface area contributed by atoms with Crippen LogP contribution in [-0.4, -0.2) is 57.5 Å². The summed E-state index contributed by atoms with van der Waals surface area (Å²) >= 11 is 0. The van der Waals surface area contributed by atoms with Gasteiger partial charge in [0.15, 0.2) is 0 Å². The van der Waals surface area contributed by atoms with Gasteiger partial charge in [0.1, 0.15) is 23.4 Å². The fraction of sp³-hybridized carbons (Fsp3) is 0.630. The van der Waals surface area contributed by atoms with Gasteiger partial charge in [0.2, 0.25) is 17.7 Å². The van der Waals surface area contributed by atoms with Crippen molar-refractivity contribution in [1.82, 2.24) is 15.5 Å². The molecule has 1 rings (SSSR count). The maximum atomic E-state index is 14.0. The Bertz CT molecular complexity index is 930. The summed E-state index contributed by atoms with van der Waals surface area (Å²) < 4.78 is 5.33. The number of nitrogens with two attached hydrogens (primary N) is 1. The van der Waals surface area contributed by atoms with Gasteiger partial charge in [-0.25, -0.2) is 4.79 Å². The molecule has 4 atom stereocenters. The van der Waals surface area contributed by atoms with E-state index in [0.717, 1.165) is 12.8 Å². The normalized spacial score (nSPS) is 14.6. The van der Waals surface area contributed by atoms with Gasteiger partial charge in [0.05, 0.1) is 0 Å². The fourth-order valence-electron chi connectivity index (χ4n) is 3.93. The second-order valence-corrected chi connectivity index (χ2v) is 10.4. The molecular formula is C27H44N4O6. The molecule has 4 unspecified atom stereocenters. The molecule has 10 nitrogen and oxygen atoms in total. The summed E-state index contributed by atoms with van der Waals surface area (Å²) in [5, 5.41) is 16.2. The SMILES string of the molecule is CCCC(C)NC(=O)C(c1ccccc1O)N(C(=O)C(CCC(N)=O)NC(=O)OC(C)(C)C)C(C)CC. The zero-order chi connectivity index (χ0) is 28.3. The molecule has 0 fully saturated rings. The van der Waals surface area contributed by atoms with E-state index in [9.17, 15) is 24.3 Å². The molecule has 0 aliphatic rings. The summed E-state index contributed by atoms with van der Waals surface area (Å²) in [5.41, 5.74) is 4.77. The van der Waals surface area contributed by atoms with Crippen molar-refractivity contribution >= 4 is 23.8 Å². The molecule has 0 aromatic heterocycles. The number of aromatic hydroxyl groups is 1. The van der Waals surface area contributed by atoms with E-state index >= 15 is 0 Å². The number of hydrogen-bond acceptors (Lipinski definition) is 6. The first-order valence-corrected chi connectivity index (χ1v) is 12.9. The molecule has 4 amide bonds. The highest BCUT2D eigenvalue weighted by Gasteiger charge is 2.39. The topological polar surface area (TPSA) is 151 Å². The molecule has 0 heterocycles. The zero-order valence-electron chi connectivity index (χ0n) is 23.2. The van der Waals surface area contributed by atoms with Crippen LogP contribution in [-0.2, 0) is 19.1 Å². The Morgan fingerprint density at radius 2 is 1.68 bits per heavy atom. The standard InChI is InChI=1S/C27H44N4O6/c1-8-12-17(3)29-24(34)23(19-13-10-11-14-21(19)32)31(18(4)9-2)25(35)20(15-16-22(28)33)30-26(36)37-27(5,6)7/h10-11,13-14,17-18,20,23,32H,8-9,12,15-16H2,1-7H3,(H2,28,33)(H,29,34)(H,30,36). The minimum atomic E-state index is -1.19. The van der Waals surface area contributed by atoms with Gasteiger partial charge in [-0.15, -0.1) is 0 Å². The number of alkyl carbamates (subject to hydrolysis) is 1. The molecule has 37 heavy (non-hydrogen) atoms. The lowest BCUT2D eigenvalue weighted by atomic mass is 9.97. The molecule has 0 bridgehead atoms. The number of carbonyl (C=O) groups excluding carboxylic acids is 4. The Hall–Kier alpha value is -3.30. The molecule has 0 aliphatic heterocycles. The Morgan fingerprint density at radius 1 is 1.05 bits per heavy atom. The summed E-state index contributed by atoms with van der Waals surface area (Å²) in [6, 6.07) is 3.35. The van der Waals surface area contributed by atoms with Crippen LogP contribution >= 0.6 is 0 Å². The van der Waals surface area contributed by atoms with Gasteiger partial charge < -0.3 is 31.1 Å². The number of para-hydroxylation sites is 1. The van der Waals surface area contributed by atoms with Crippen molar-refractivity contribution < 1.29 is 29.0 Å². The number of carbonyl (C=O) groups is 4. The van der Waals surface area contributed by atoms with E-state index in [-0.39, 0.29) is 30.2 Å². The summed E-state index contributed by atoms with van der Waals surface area (Å²) in [6.07, 6.45) is 0.995. The molecule has 0 aliphatic carbocycles. The number of hydrogen-bond donors (Lipinski definition) is 4. The number of phenols is 1. The van der Waals surface area contributed by atoms with Gasteiger partial charge in [-0.2, -0.15) is 0 Å². The van der Waals surface area contributed by atoms with Gasteiger partial charge in [-0.1, -0.05) is 38.5 Å². The second-order valence-electron chi connectivity index (χ2n) is 10.4. The molecule has 0 saturated carbocycles. The molecule has 0 spiro atoms. The van der Waals surface area contributed by atoms with Crippen LogP contribution in [0.3, 0.4) is 0 Å². The van der Waals surface area contributed by atoms with Crippen molar-refractivity contribution in [3.8, 4) is 5.75 Å². The highest BCUT2D eigenvalue weighted by molar-refractivity contribution is 5.93. The molecular weight excluding hydrogens is 476 g/mol. The van der Waals surface area contributed by atoms with E-state index in [2.05, 4.69) is 10.6 Å². The van der Waals surface area contributed by atoms with Crippen molar-refractivity contribution in [2.24, 2.45) is 5.73 Å². The predicted octanol–water partition coefficient (Wildman–Crippen LogP) is 3.52. The second kappa shape index (κ2) is 14.4. The van der Waals surface area contributed by atoms with E-state index in [1.807, 2.05) is 20.8 Å². The van der Waals surface area contributed by atoms with E-state index in [1.54, 1.807) is 45.9 Å². The van der Waals surface area contributed by atoms with Gasteiger partial charge in [-0.05, 0) is 59.9 Å². The van der Waals surface area contributed by atoms with E-state index in [0.29, 0.717) is 6.42 Å². The van der Waals surface area contributed by atoms with Crippen molar-refractivity contribution in [1.29, 1.82) is 0 Å². The van der Waals surface area contributed by atoms with Crippen LogP contribution < -0.4 is 16.4 Å². The maximum Gasteiger partial charge on any atom is 0.408 e. The highest BCUT2D eigenvalue weighted by Crippen LogP contribution is 2.32. The smallest absolute Gasteiger partial charge is 0.408 e. The minimum Gasteiger partial charge on any atom is -0.508 e. The first-order chi connectivity index (χ1) is 17.2. The predicted molar refractivity (Wildman–Crippen MR) is 142 cm³/mol. The van der Waals surface area contributed by atoms with E-state index in [4.69, 9.17) is 10.5 Å². The average Bonchev–Trinajstić information content (AvgIpc) is 2.78. The Labute approximate surface area is 220 Å². The number of amides is 4. The Kier molecular flexibility index (Phi) is 12.4. The summed E-state index contributed by atoms with van der Waals surface area (Å²) in [7, 11) is 0. The van der Waals surface area contributed by atoms with Gasteiger partial charge >= 0.3 is 6.09 Å². The number of benzene rings is 1. The van der Waals surface area contributed by atoms with E-state index in [1.165, 1.54) is 11.0 Å². The lowest BCUT2D eigenvalue weighted by Crippen LogP contribution is -2.56. The number of nitrogens with zero attached hydrogens (tertiary/aromatic N) is 1. The number of phenolic OH excluding ortho intramolecular Hbond substituents is 1. The average molecular weight is 521 g/mol. The molecule has 1 aromatic rings. The van der Waals surface area contributed by atoms with Gasteiger partial charge in [0.25, 0.3) is 0 Å². The van der Waals surface area contributed by atoms with Crippen LogP contribution in [0.4, 0.5) is 4.79 Å². The summed E-state index contributed by atoms with van der Waals surface area (Å²) in [6.45, 7) is 12.6. The molecule has 10 heteroatoms. The largest absolute Gasteiger partial charge is 0.508 e. The van der Waals surface area contributed by atoms with Crippen molar-refractivity contribution in [3.63, 3.8) is 0 Å². The van der Waals surface area contributed by atoms with Crippen molar-refractivity contribution in [2.75, 3.05) is 0 Å². The van der Waals surface area contributed by atoms with Crippen molar-refractivity contribution in [2.45, 2.75) is 110 Å². The first-order valence-electron chi connectivity index (χ1n) is 12.9. The molecule has 5 N–H and O–H groups in total. The van der Waals surface area contributed by atoms with Crippen LogP contribution in [0.2, 0.25) is 0 Å². The lowest BCUT2D eigenvalue weighted by molar-refractivity contribution is -0.145. The molecule has 0 radical (unpaired) electrons. The first kappa shape index (κ1) is 31.7. The maximum absolute atomic E-state index is 14.0. The number of ether oxygens (including phenoxy) is 1. The minimum absolute atomic E-state index is 0.0817. The Balaban J connectivity index is 3.56. The van der Waals surface area contributed by atoms with Crippen LogP contribution in [0.25, 0.3) is 0 Å². The van der Waals surface area contributed by atoms with Crippen LogP contribution in [0.15, 0.2) is 24.3 Å². The molecule has 208 valence electrons. The quantitative estimate of drug-likeness (QED) is 0.312. The summed E-state index contributed by atoms with van der Waals surface area (Å²) in [4.78, 5) is 53.2. The van der Waals surface area contributed by atoms with Crippen LogP contribution in [0.5, 0.6) is 5.75 Å². The zero-order valence-corrected chi connectivity index (χ0v) is 23.2. The monoisotopic (exact) mass is 520 g/mol. The Morgan fingerprint density at radius 3 is 2.19 bits per heavy atom. The van der Waals surface area contributed by atoms with Crippen LogP contribution in [0.1, 0.15) is 92.2 Å². The molecule has 1 aromatic carbocycles. The van der Waals surface area contributed by atoms with Gasteiger partial charge in [-0.3, -0.25) is 14.4 Å². The van der Waals surface area contributed by atoms with Gasteiger partial charge in [0, 0.05) is 24.1 Å². The van der Waals surface area contributed by atoms with E-state index < -0.39 is 47.5 Å². The third kappa shape index (κ3) is 10.3. The lowest BCUT2D eigenvalue weighted by Gasteiger charge is -2.38. The van der Waals surface area contributed by atoms with Crippen molar-refractivity contribution in [3.05, 3.63) is 29.8 Å². The number of nitrogens with one attached hydrogen (secondary N) is 2. The highest BCUT2D eigenvalue weighted by atomic mass is 16.6. The fourth-order valence-corrected chi connectivity index (χ4v) is 3.93. The number of primary amides is 1. The summed E-state index contributed by atoms with van der Waals surface area (Å²) in [5.74, 6) is -1.82. The third-order valence-corrected chi connectivity index (χ3v) is 5.86. The van der Waals surface area contributed by atoms with Crippen LogP contribution in [0, 0.1) is 0 Å².